The zero-order chi connectivity index (χ0) is 11.7. The van der Waals surface area contributed by atoms with Crippen molar-refractivity contribution in [1.29, 1.82) is 0 Å². The van der Waals surface area contributed by atoms with Crippen LogP contribution in [-0.2, 0) is 20.0 Å². The summed E-state index contributed by atoms with van der Waals surface area (Å²) in [6.45, 7) is 4.75. The summed E-state index contributed by atoms with van der Waals surface area (Å²) in [7, 11) is 1.92. The molecule has 0 aliphatic heterocycles. The Morgan fingerprint density at radius 2 is 2.19 bits per heavy atom. The molecule has 0 spiro atoms. The summed E-state index contributed by atoms with van der Waals surface area (Å²) in [5.41, 5.74) is 3.07. The number of hydrogen-bond donors (Lipinski definition) is 0. The largest absolute Gasteiger partial charge is 0.269 e. The lowest BCUT2D eigenvalue weighted by Gasteiger charge is -2.05. The highest BCUT2D eigenvalue weighted by molar-refractivity contribution is 6.31. The lowest BCUT2D eigenvalue weighted by Crippen LogP contribution is -2.08. The average Bonchev–Trinajstić information content (AvgIpc) is 2.77. The fourth-order valence-corrected chi connectivity index (χ4v) is 2.05. The predicted octanol–water partition coefficient (Wildman–Crippen LogP) is 2.19. The highest BCUT2D eigenvalue weighted by atomic mass is 35.5. The second-order valence-corrected chi connectivity index (χ2v) is 4.19. The standard InChI is InChI=1S/C11H15ClN4/c1-4-9-11(12)10(15(3)14-9)7-16-8(2)5-6-13-16/h5-6H,4,7H2,1-3H3. The second-order valence-electron chi connectivity index (χ2n) is 3.81. The summed E-state index contributed by atoms with van der Waals surface area (Å²) in [6.07, 6.45) is 2.64. The quantitative estimate of drug-likeness (QED) is 0.822. The molecule has 0 fully saturated rings. The van der Waals surface area contributed by atoms with E-state index in [0.717, 1.165) is 28.5 Å². The van der Waals surface area contributed by atoms with Crippen LogP contribution < -0.4 is 0 Å². The average molecular weight is 239 g/mol. The molecule has 0 aliphatic rings. The first kappa shape index (κ1) is 11.2. The van der Waals surface area contributed by atoms with Gasteiger partial charge in [-0.05, 0) is 19.4 Å². The maximum atomic E-state index is 6.27. The first-order valence-electron chi connectivity index (χ1n) is 5.32. The van der Waals surface area contributed by atoms with Crippen LogP contribution in [0.4, 0.5) is 0 Å². The molecule has 86 valence electrons. The third-order valence-corrected chi connectivity index (χ3v) is 3.17. The third kappa shape index (κ3) is 1.85. The van der Waals surface area contributed by atoms with Crippen molar-refractivity contribution in [3.63, 3.8) is 0 Å². The van der Waals surface area contributed by atoms with Crippen LogP contribution in [0.3, 0.4) is 0 Å². The topological polar surface area (TPSA) is 35.6 Å². The van der Waals surface area contributed by atoms with Crippen LogP contribution in [0, 0.1) is 6.92 Å². The van der Waals surface area contributed by atoms with Crippen LogP contribution in [-0.4, -0.2) is 19.6 Å². The van der Waals surface area contributed by atoms with E-state index in [1.807, 2.05) is 29.4 Å². The van der Waals surface area contributed by atoms with Gasteiger partial charge in [-0.15, -0.1) is 0 Å². The first-order chi connectivity index (χ1) is 7.63. The van der Waals surface area contributed by atoms with E-state index in [9.17, 15) is 0 Å². The molecule has 0 radical (unpaired) electrons. The molecule has 0 N–H and O–H groups in total. The van der Waals surface area contributed by atoms with Crippen LogP contribution in [0.5, 0.6) is 0 Å². The molecule has 0 atom stereocenters. The van der Waals surface area contributed by atoms with E-state index < -0.39 is 0 Å². The first-order valence-corrected chi connectivity index (χ1v) is 5.70. The normalized spacial score (nSPS) is 11.0. The lowest BCUT2D eigenvalue weighted by molar-refractivity contribution is 0.606. The maximum Gasteiger partial charge on any atom is 0.0869 e. The SMILES string of the molecule is CCc1nn(C)c(Cn2nccc2C)c1Cl. The molecule has 5 heteroatoms. The van der Waals surface area contributed by atoms with E-state index in [-0.39, 0.29) is 0 Å². The molecule has 0 saturated carbocycles. The molecule has 0 unspecified atom stereocenters. The van der Waals surface area contributed by atoms with E-state index in [4.69, 9.17) is 11.6 Å². The smallest absolute Gasteiger partial charge is 0.0869 e. The van der Waals surface area contributed by atoms with Gasteiger partial charge in [0.2, 0.25) is 0 Å². The number of rotatable bonds is 3. The van der Waals surface area contributed by atoms with Gasteiger partial charge in [-0.2, -0.15) is 10.2 Å². The Hall–Kier alpha value is -1.29. The van der Waals surface area contributed by atoms with Crippen molar-refractivity contribution in [2.24, 2.45) is 7.05 Å². The zero-order valence-electron chi connectivity index (χ0n) is 9.74. The van der Waals surface area contributed by atoms with Gasteiger partial charge >= 0.3 is 0 Å². The van der Waals surface area contributed by atoms with Gasteiger partial charge in [0, 0.05) is 18.9 Å². The Labute approximate surface area is 99.8 Å². The van der Waals surface area contributed by atoms with Crippen molar-refractivity contribution >= 4 is 11.6 Å². The van der Waals surface area contributed by atoms with Gasteiger partial charge < -0.3 is 0 Å². The summed E-state index contributed by atoms with van der Waals surface area (Å²) >= 11 is 6.27. The van der Waals surface area contributed by atoms with Crippen molar-refractivity contribution in [3.8, 4) is 0 Å². The van der Waals surface area contributed by atoms with Gasteiger partial charge in [0.05, 0.1) is 23.0 Å². The van der Waals surface area contributed by atoms with Gasteiger partial charge in [0.1, 0.15) is 0 Å². The summed E-state index contributed by atoms with van der Waals surface area (Å²) in [6, 6.07) is 1.98. The minimum Gasteiger partial charge on any atom is -0.269 e. The van der Waals surface area contributed by atoms with Crippen molar-refractivity contribution in [2.45, 2.75) is 26.8 Å². The van der Waals surface area contributed by atoms with Gasteiger partial charge in [0.15, 0.2) is 0 Å². The number of halogens is 1. The number of aromatic nitrogens is 4. The Morgan fingerprint density at radius 3 is 2.69 bits per heavy atom. The van der Waals surface area contributed by atoms with E-state index in [1.165, 1.54) is 0 Å². The molecule has 0 bridgehead atoms. The Bertz CT molecular complexity index is 498. The minimum atomic E-state index is 0.668. The Balaban J connectivity index is 2.35. The zero-order valence-corrected chi connectivity index (χ0v) is 10.5. The molecule has 4 nitrogen and oxygen atoms in total. The molecule has 2 aromatic rings. The molecule has 0 amide bonds. The van der Waals surface area contributed by atoms with Crippen molar-refractivity contribution in [2.75, 3.05) is 0 Å². The molecule has 16 heavy (non-hydrogen) atoms. The summed E-state index contributed by atoms with van der Waals surface area (Å²) in [4.78, 5) is 0. The van der Waals surface area contributed by atoms with Crippen LogP contribution in [0.1, 0.15) is 24.0 Å². The fourth-order valence-electron chi connectivity index (χ4n) is 1.70. The molecule has 0 aromatic carbocycles. The number of hydrogen-bond acceptors (Lipinski definition) is 2. The van der Waals surface area contributed by atoms with E-state index in [2.05, 4.69) is 17.1 Å². The van der Waals surface area contributed by atoms with Gasteiger partial charge in [-0.3, -0.25) is 9.36 Å². The third-order valence-electron chi connectivity index (χ3n) is 2.73. The number of nitrogens with zero attached hydrogens (tertiary/aromatic N) is 4. The monoisotopic (exact) mass is 238 g/mol. The molecule has 2 heterocycles. The second kappa shape index (κ2) is 4.29. The van der Waals surface area contributed by atoms with E-state index in [0.29, 0.717) is 6.54 Å². The van der Waals surface area contributed by atoms with Crippen LogP contribution in [0.2, 0.25) is 5.02 Å². The minimum absolute atomic E-state index is 0.668. The van der Waals surface area contributed by atoms with Crippen LogP contribution >= 0.6 is 11.6 Å². The van der Waals surface area contributed by atoms with Crippen molar-refractivity contribution in [3.05, 3.63) is 34.4 Å². The fraction of sp³-hybridized carbons (Fsp3) is 0.455. The van der Waals surface area contributed by atoms with Gasteiger partial charge in [-0.1, -0.05) is 18.5 Å². The highest BCUT2D eigenvalue weighted by Crippen LogP contribution is 2.21. The van der Waals surface area contributed by atoms with E-state index in [1.54, 1.807) is 6.20 Å². The highest BCUT2D eigenvalue weighted by Gasteiger charge is 2.13. The lowest BCUT2D eigenvalue weighted by atomic mass is 10.3. The summed E-state index contributed by atoms with van der Waals surface area (Å²) < 4.78 is 3.75. The number of aryl methyl sites for hydroxylation is 3. The van der Waals surface area contributed by atoms with E-state index >= 15 is 0 Å². The van der Waals surface area contributed by atoms with Crippen molar-refractivity contribution in [1.82, 2.24) is 19.6 Å². The maximum absolute atomic E-state index is 6.27. The van der Waals surface area contributed by atoms with Crippen molar-refractivity contribution < 1.29 is 0 Å². The predicted molar refractivity (Wildman–Crippen MR) is 63.7 cm³/mol. The van der Waals surface area contributed by atoms with Crippen LogP contribution in [0.15, 0.2) is 12.3 Å². The Morgan fingerprint density at radius 1 is 1.44 bits per heavy atom. The molecule has 2 aromatic heterocycles. The molecule has 0 saturated heterocycles. The molecule has 2 rings (SSSR count). The Kier molecular flexibility index (Phi) is 3.01. The molecular formula is C11H15ClN4. The summed E-state index contributed by atoms with van der Waals surface area (Å²) in [5.74, 6) is 0. The molecule has 0 aliphatic carbocycles. The van der Waals surface area contributed by atoms with Gasteiger partial charge in [0.25, 0.3) is 0 Å². The molecular weight excluding hydrogens is 224 g/mol. The summed E-state index contributed by atoms with van der Waals surface area (Å²) in [5, 5.41) is 9.39. The van der Waals surface area contributed by atoms with Gasteiger partial charge in [-0.25, -0.2) is 0 Å². The van der Waals surface area contributed by atoms with Crippen LogP contribution in [0.25, 0.3) is 0 Å².